The number of benzene rings is 2. The van der Waals surface area contributed by atoms with Gasteiger partial charge < -0.3 is 9.88 Å². The second-order valence-corrected chi connectivity index (χ2v) is 8.11. The average Bonchev–Trinajstić information content (AvgIpc) is 3.45. The molecule has 0 amide bonds. The number of anilines is 1. The van der Waals surface area contributed by atoms with Gasteiger partial charge in [0.05, 0.1) is 17.7 Å². The third-order valence-corrected chi connectivity index (χ3v) is 5.68. The third-order valence-electron chi connectivity index (χ3n) is 5.42. The van der Waals surface area contributed by atoms with Gasteiger partial charge >= 0.3 is 0 Å². The first-order chi connectivity index (χ1) is 15.7. The van der Waals surface area contributed by atoms with E-state index in [0.717, 1.165) is 59.1 Å². The van der Waals surface area contributed by atoms with Crippen LogP contribution in [-0.4, -0.2) is 30.7 Å². The molecule has 2 aromatic carbocycles. The lowest BCUT2D eigenvalue weighted by Crippen LogP contribution is -2.10. The van der Waals surface area contributed by atoms with Crippen molar-refractivity contribution in [2.75, 3.05) is 11.9 Å². The minimum absolute atomic E-state index is 0.709. The number of aromatic nitrogens is 5. The number of halogens is 1. The number of fused-ring (bicyclic) bond motifs is 1. The fraction of sp³-hybridized carbons (Fsp3) is 0.160. The van der Waals surface area contributed by atoms with Crippen LogP contribution in [0.2, 0.25) is 5.02 Å². The van der Waals surface area contributed by atoms with Crippen LogP contribution in [0.5, 0.6) is 0 Å². The molecule has 5 rings (SSSR count). The van der Waals surface area contributed by atoms with Crippen LogP contribution in [0, 0.1) is 6.92 Å². The average molecular weight is 443 g/mol. The van der Waals surface area contributed by atoms with E-state index in [0.29, 0.717) is 5.02 Å². The highest BCUT2D eigenvalue weighted by atomic mass is 35.5. The number of imidazole rings is 1. The Balaban J connectivity index is 1.55. The molecule has 0 aliphatic carbocycles. The predicted molar refractivity (Wildman–Crippen MR) is 129 cm³/mol. The molecular weight excluding hydrogens is 420 g/mol. The second-order valence-electron chi connectivity index (χ2n) is 7.68. The van der Waals surface area contributed by atoms with Crippen molar-refractivity contribution in [3.8, 4) is 22.4 Å². The van der Waals surface area contributed by atoms with E-state index in [1.807, 2.05) is 66.4 Å². The first-order valence-corrected chi connectivity index (χ1v) is 11.0. The monoisotopic (exact) mass is 442 g/mol. The molecule has 0 atom stereocenters. The molecule has 0 unspecified atom stereocenters. The fourth-order valence-corrected chi connectivity index (χ4v) is 3.98. The molecular formula is C25H23ClN6. The zero-order valence-electron chi connectivity index (χ0n) is 17.7. The molecule has 1 N–H and O–H groups in total. The zero-order valence-corrected chi connectivity index (χ0v) is 18.5. The number of nitrogens with one attached hydrogen (secondary N) is 1. The molecule has 0 aliphatic rings. The quantitative estimate of drug-likeness (QED) is 0.327. The van der Waals surface area contributed by atoms with Gasteiger partial charge in [-0.25, -0.2) is 9.97 Å². The van der Waals surface area contributed by atoms with Crippen molar-refractivity contribution in [3.63, 3.8) is 0 Å². The van der Waals surface area contributed by atoms with Crippen LogP contribution < -0.4 is 5.32 Å². The van der Waals surface area contributed by atoms with E-state index in [1.165, 1.54) is 0 Å². The topological polar surface area (TPSA) is 60.0 Å². The van der Waals surface area contributed by atoms with Crippen LogP contribution in [0.15, 0.2) is 79.4 Å². The summed E-state index contributed by atoms with van der Waals surface area (Å²) in [5.41, 5.74) is 5.78. The summed E-state index contributed by atoms with van der Waals surface area (Å²) in [4.78, 5) is 9.11. The molecule has 0 bridgehead atoms. The van der Waals surface area contributed by atoms with Gasteiger partial charge in [-0.15, -0.1) is 0 Å². The van der Waals surface area contributed by atoms with Gasteiger partial charge in [0.1, 0.15) is 5.82 Å². The molecule has 6 nitrogen and oxygen atoms in total. The highest BCUT2D eigenvalue weighted by molar-refractivity contribution is 6.30. The molecule has 5 aromatic rings. The molecule has 0 saturated carbocycles. The van der Waals surface area contributed by atoms with Crippen LogP contribution in [0.3, 0.4) is 0 Å². The summed E-state index contributed by atoms with van der Waals surface area (Å²) < 4.78 is 3.98. The maximum absolute atomic E-state index is 6.12. The van der Waals surface area contributed by atoms with Crippen molar-refractivity contribution >= 4 is 23.1 Å². The maximum Gasteiger partial charge on any atom is 0.166 e. The Morgan fingerprint density at radius 1 is 1.00 bits per heavy atom. The van der Waals surface area contributed by atoms with E-state index >= 15 is 0 Å². The molecule has 0 aliphatic heterocycles. The van der Waals surface area contributed by atoms with E-state index in [-0.39, 0.29) is 0 Å². The van der Waals surface area contributed by atoms with Gasteiger partial charge in [-0.05, 0) is 31.0 Å². The van der Waals surface area contributed by atoms with Crippen molar-refractivity contribution in [3.05, 3.63) is 90.1 Å². The van der Waals surface area contributed by atoms with Crippen LogP contribution in [-0.2, 0) is 6.54 Å². The van der Waals surface area contributed by atoms with E-state index in [1.54, 1.807) is 6.20 Å². The summed E-state index contributed by atoms with van der Waals surface area (Å²) in [7, 11) is 0. The molecule has 0 fully saturated rings. The minimum Gasteiger partial charge on any atom is -0.370 e. The Kier molecular flexibility index (Phi) is 5.60. The van der Waals surface area contributed by atoms with Crippen molar-refractivity contribution in [1.82, 2.24) is 24.1 Å². The highest BCUT2D eigenvalue weighted by Gasteiger charge is 2.17. The molecule has 0 saturated heterocycles. The van der Waals surface area contributed by atoms with Crippen LogP contribution in [0.4, 0.5) is 5.82 Å². The third kappa shape index (κ3) is 4.09. The second kappa shape index (κ2) is 8.85. The van der Waals surface area contributed by atoms with Gasteiger partial charge in [-0.1, -0.05) is 54.1 Å². The van der Waals surface area contributed by atoms with Crippen molar-refractivity contribution in [2.45, 2.75) is 19.9 Å². The number of hydrogen-bond acceptors (Lipinski definition) is 4. The van der Waals surface area contributed by atoms with Gasteiger partial charge in [0, 0.05) is 47.7 Å². The first kappa shape index (κ1) is 20.3. The number of hydrogen-bond donors (Lipinski definition) is 1. The minimum atomic E-state index is 0.709. The molecule has 0 spiro atoms. The SMILES string of the molecule is Cc1nn2c(NCCCn3ccnc3)cc(-c3ccccc3)nc2c1-c1ccc(Cl)cc1. The summed E-state index contributed by atoms with van der Waals surface area (Å²) >= 11 is 6.12. The van der Waals surface area contributed by atoms with E-state index in [2.05, 4.69) is 33.1 Å². The highest BCUT2D eigenvalue weighted by Crippen LogP contribution is 2.32. The Labute approximate surface area is 191 Å². The number of aryl methyl sites for hydroxylation is 2. The molecule has 3 heterocycles. The van der Waals surface area contributed by atoms with Gasteiger partial charge in [0.2, 0.25) is 0 Å². The Morgan fingerprint density at radius 2 is 1.81 bits per heavy atom. The van der Waals surface area contributed by atoms with Crippen molar-refractivity contribution < 1.29 is 0 Å². The maximum atomic E-state index is 6.12. The predicted octanol–water partition coefficient (Wildman–Crippen LogP) is 5.72. The Bertz CT molecular complexity index is 1320. The smallest absolute Gasteiger partial charge is 0.166 e. The standard InChI is InChI=1S/C25H23ClN6/c1-18-24(20-8-10-21(26)11-9-20)25-29-22(19-6-3-2-4-7-19)16-23(32(25)30-18)28-12-5-14-31-15-13-27-17-31/h2-4,6-11,13,15-17,28H,5,12,14H2,1H3. The van der Waals surface area contributed by atoms with Crippen LogP contribution >= 0.6 is 11.6 Å². The summed E-state index contributed by atoms with van der Waals surface area (Å²) in [5, 5.41) is 9.10. The van der Waals surface area contributed by atoms with Crippen LogP contribution in [0.1, 0.15) is 12.1 Å². The van der Waals surface area contributed by atoms with Crippen molar-refractivity contribution in [2.24, 2.45) is 0 Å². The summed E-state index contributed by atoms with van der Waals surface area (Å²) in [6, 6.07) is 20.1. The van der Waals surface area contributed by atoms with Gasteiger partial charge in [-0.2, -0.15) is 9.61 Å². The number of nitrogens with zero attached hydrogens (tertiary/aromatic N) is 5. The van der Waals surface area contributed by atoms with Crippen molar-refractivity contribution in [1.29, 1.82) is 0 Å². The molecule has 32 heavy (non-hydrogen) atoms. The normalized spacial score (nSPS) is 11.2. The largest absolute Gasteiger partial charge is 0.370 e. The Morgan fingerprint density at radius 3 is 2.56 bits per heavy atom. The molecule has 7 heteroatoms. The lowest BCUT2D eigenvalue weighted by Gasteiger charge is -2.12. The van der Waals surface area contributed by atoms with E-state index in [9.17, 15) is 0 Å². The molecule has 3 aromatic heterocycles. The fourth-order valence-electron chi connectivity index (χ4n) is 3.86. The van der Waals surface area contributed by atoms with Crippen LogP contribution in [0.25, 0.3) is 28.0 Å². The van der Waals surface area contributed by atoms with Gasteiger partial charge in [0.15, 0.2) is 5.65 Å². The Hall–Kier alpha value is -3.64. The summed E-state index contributed by atoms with van der Waals surface area (Å²) in [6.07, 6.45) is 6.59. The lowest BCUT2D eigenvalue weighted by atomic mass is 10.1. The summed E-state index contributed by atoms with van der Waals surface area (Å²) in [5.74, 6) is 0.919. The van der Waals surface area contributed by atoms with Gasteiger partial charge in [0.25, 0.3) is 0 Å². The van der Waals surface area contributed by atoms with Gasteiger partial charge in [-0.3, -0.25) is 0 Å². The zero-order chi connectivity index (χ0) is 21.9. The van der Waals surface area contributed by atoms with E-state index in [4.69, 9.17) is 21.7 Å². The van der Waals surface area contributed by atoms with E-state index < -0.39 is 0 Å². The lowest BCUT2D eigenvalue weighted by molar-refractivity contribution is 0.659. The summed E-state index contributed by atoms with van der Waals surface area (Å²) in [6.45, 7) is 3.73. The number of rotatable bonds is 7. The first-order valence-electron chi connectivity index (χ1n) is 10.6. The molecule has 160 valence electrons. The molecule has 0 radical (unpaired) electrons.